The normalized spacial score (nSPS) is 26.5. The first-order valence-corrected chi connectivity index (χ1v) is 7.85. The zero-order valence-electron chi connectivity index (χ0n) is 12.8. The van der Waals surface area contributed by atoms with Gasteiger partial charge >= 0.3 is 0 Å². The number of benzene rings is 1. The number of halogens is 1. The van der Waals surface area contributed by atoms with Gasteiger partial charge in [0.2, 0.25) is 0 Å². The highest BCUT2D eigenvalue weighted by atomic mass is 19.1. The Bertz CT molecular complexity index is 546. The third-order valence-electron chi connectivity index (χ3n) is 4.99. The van der Waals surface area contributed by atoms with E-state index in [1.165, 1.54) is 18.9 Å². The van der Waals surface area contributed by atoms with E-state index in [0.717, 1.165) is 25.9 Å². The van der Waals surface area contributed by atoms with Gasteiger partial charge in [-0.25, -0.2) is 4.39 Å². The maximum Gasteiger partial charge on any atom is 0.254 e. The van der Waals surface area contributed by atoms with Crippen LogP contribution >= 0.6 is 0 Å². The largest absolute Gasteiger partial charge is 0.334 e. The second-order valence-electron chi connectivity index (χ2n) is 6.36. The number of likely N-dealkylation sites (N-methyl/N-ethyl adjacent to an activating group) is 1. The van der Waals surface area contributed by atoms with Crippen molar-refractivity contribution in [3.63, 3.8) is 0 Å². The van der Waals surface area contributed by atoms with Gasteiger partial charge in [0.15, 0.2) is 0 Å². The molecule has 3 nitrogen and oxygen atoms in total. The second kappa shape index (κ2) is 5.76. The van der Waals surface area contributed by atoms with Crippen molar-refractivity contribution in [2.75, 3.05) is 20.1 Å². The maximum absolute atomic E-state index is 13.4. The van der Waals surface area contributed by atoms with Crippen molar-refractivity contribution in [2.24, 2.45) is 0 Å². The Morgan fingerprint density at radius 1 is 1.19 bits per heavy atom. The highest BCUT2D eigenvalue weighted by Crippen LogP contribution is 2.30. The molecule has 114 valence electrons. The van der Waals surface area contributed by atoms with Crippen molar-refractivity contribution in [2.45, 2.75) is 44.7 Å². The first-order valence-electron chi connectivity index (χ1n) is 7.85. The van der Waals surface area contributed by atoms with Crippen LogP contribution in [0.5, 0.6) is 0 Å². The van der Waals surface area contributed by atoms with Gasteiger partial charge in [-0.3, -0.25) is 4.79 Å². The van der Waals surface area contributed by atoms with Crippen LogP contribution in [0.1, 0.15) is 41.6 Å². The third kappa shape index (κ3) is 2.69. The number of likely N-dealkylation sites (tertiary alicyclic amines) is 2. The molecule has 2 aliphatic heterocycles. The zero-order valence-corrected chi connectivity index (χ0v) is 12.8. The van der Waals surface area contributed by atoms with Gasteiger partial charge in [0, 0.05) is 24.2 Å². The lowest BCUT2D eigenvalue weighted by Crippen LogP contribution is -2.47. The predicted molar refractivity (Wildman–Crippen MR) is 80.8 cm³/mol. The summed E-state index contributed by atoms with van der Waals surface area (Å²) in [6.45, 7) is 3.65. The molecular formula is C17H23FN2O. The van der Waals surface area contributed by atoms with Crippen LogP contribution in [0.3, 0.4) is 0 Å². The number of amides is 1. The topological polar surface area (TPSA) is 23.6 Å². The van der Waals surface area contributed by atoms with Crippen molar-refractivity contribution in [1.82, 2.24) is 9.80 Å². The van der Waals surface area contributed by atoms with Crippen molar-refractivity contribution in [1.29, 1.82) is 0 Å². The molecule has 0 aliphatic carbocycles. The van der Waals surface area contributed by atoms with Crippen LogP contribution in [0.15, 0.2) is 18.2 Å². The monoisotopic (exact) mass is 290 g/mol. The molecule has 0 radical (unpaired) electrons. The number of rotatable bonds is 2. The van der Waals surface area contributed by atoms with Gasteiger partial charge in [-0.1, -0.05) is 0 Å². The number of carbonyl (C=O) groups excluding carboxylic acids is 1. The molecule has 0 spiro atoms. The summed E-state index contributed by atoms with van der Waals surface area (Å²) in [4.78, 5) is 17.2. The smallest absolute Gasteiger partial charge is 0.254 e. The van der Waals surface area contributed by atoms with Crippen LogP contribution in [0.4, 0.5) is 4.39 Å². The lowest BCUT2D eigenvalue weighted by atomic mass is 10.0. The molecule has 3 rings (SSSR count). The first kappa shape index (κ1) is 14.5. The second-order valence-corrected chi connectivity index (χ2v) is 6.36. The van der Waals surface area contributed by atoms with Crippen LogP contribution in [-0.4, -0.2) is 47.9 Å². The Hall–Kier alpha value is -1.42. The van der Waals surface area contributed by atoms with E-state index in [-0.39, 0.29) is 11.7 Å². The summed E-state index contributed by atoms with van der Waals surface area (Å²) >= 11 is 0. The third-order valence-corrected chi connectivity index (χ3v) is 4.99. The van der Waals surface area contributed by atoms with Gasteiger partial charge in [0.05, 0.1) is 0 Å². The van der Waals surface area contributed by atoms with Gasteiger partial charge in [0.1, 0.15) is 5.82 Å². The van der Waals surface area contributed by atoms with Crippen LogP contribution in [-0.2, 0) is 0 Å². The molecule has 0 bridgehead atoms. The highest BCUT2D eigenvalue weighted by molar-refractivity contribution is 5.94. The van der Waals surface area contributed by atoms with Crippen molar-refractivity contribution >= 4 is 5.91 Å². The van der Waals surface area contributed by atoms with E-state index in [4.69, 9.17) is 0 Å². The van der Waals surface area contributed by atoms with E-state index in [1.807, 2.05) is 4.90 Å². The van der Waals surface area contributed by atoms with E-state index < -0.39 is 0 Å². The SMILES string of the molecule is Cc1cc(C(=O)N2CCC[C@H]2[C@H]2CCCN2C)ccc1F. The van der Waals surface area contributed by atoms with Crippen LogP contribution in [0.2, 0.25) is 0 Å². The summed E-state index contributed by atoms with van der Waals surface area (Å²) in [5, 5.41) is 0. The minimum Gasteiger partial charge on any atom is -0.334 e. The lowest BCUT2D eigenvalue weighted by molar-refractivity contribution is 0.0664. The molecule has 2 saturated heterocycles. The van der Waals surface area contributed by atoms with E-state index in [1.54, 1.807) is 19.1 Å². The summed E-state index contributed by atoms with van der Waals surface area (Å²) in [6.07, 6.45) is 4.55. The van der Waals surface area contributed by atoms with Crippen LogP contribution < -0.4 is 0 Å². The lowest BCUT2D eigenvalue weighted by Gasteiger charge is -2.33. The molecule has 0 unspecified atom stereocenters. The molecule has 0 aromatic heterocycles. The molecular weight excluding hydrogens is 267 g/mol. The Balaban J connectivity index is 1.81. The summed E-state index contributed by atoms with van der Waals surface area (Å²) in [7, 11) is 2.15. The summed E-state index contributed by atoms with van der Waals surface area (Å²) in [5.74, 6) is -0.194. The fourth-order valence-corrected chi connectivity index (χ4v) is 3.81. The van der Waals surface area contributed by atoms with Crippen LogP contribution in [0, 0.1) is 12.7 Å². The Kier molecular flexibility index (Phi) is 3.98. The molecule has 1 aromatic rings. The first-order chi connectivity index (χ1) is 10.1. The van der Waals surface area contributed by atoms with E-state index >= 15 is 0 Å². The van der Waals surface area contributed by atoms with Gasteiger partial charge < -0.3 is 9.80 Å². The molecule has 2 heterocycles. The van der Waals surface area contributed by atoms with Crippen molar-refractivity contribution in [3.8, 4) is 0 Å². The Morgan fingerprint density at radius 2 is 1.90 bits per heavy atom. The molecule has 4 heteroatoms. The summed E-state index contributed by atoms with van der Waals surface area (Å²) in [6, 6.07) is 5.48. The molecule has 2 aliphatic rings. The van der Waals surface area contributed by atoms with E-state index in [2.05, 4.69) is 11.9 Å². The average molecular weight is 290 g/mol. The number of nitrogens with zero attached hydrogens (tertiary/aromatic N) is 2. The quantitative estimate of drug-likeness (QED) is 0.836. The Morgan fingerprint density at radius 3 is 2.57 bits per heavy atom. The van der Waals surface area contributed by atoms with Gasteiger partial charge in [-0.2, -0.15) is 0 Å². The fourth-order valence-electron chi connectivity index (χ4n) is 3.81. The number of aryl methyl sites for hydroxylation is 1. The van der Waals surface area contributed by atoms with E-state index in [9.17, 15) is 9.18 Å². The maximum atomic E-state index is 13.4. The highest BCUT2D eigenvalue weighted by Gasteiger charge is 2.38. The van der Waals surface area contributed by atoms with E-state index in [0.29, 0.717) is 23.2 Å². The van der Waals surface area contributed by atoms with Crippen molar-refractivity contribution < 1.29 is 9.18 Å². The van der Waals surface area contributed by atoms with Gasteiger partial charge in [0.25, 0.3) is 5.91 Å². The molecule has 0 saturated carbocycles. The summed E-state index contributed by atoms with van der Waals surface area (Å²) in [5.41, 5.74) is 1.15. The minimum atomic E-state index is -0.250. The molecule has 2 atom stereocenters. The number of carbonyl (C=O) groups is 1. The zero-order chi connectivity index (χ0) is 15.0. The van der Waals surface area contributed by atoms with Gasteiger partial charge in [-0.15, -0.1) is 0 Å². The number of hydrogen-bond acceptors (Lipinski definition) is 2. The Labute approximate surface area is 125 Å². The molecule has 1 amide bonds. The summed E-state index contributed by atoms with van der Waals surface area (Å²) < 4.78 is 13.4. The van der Waals surface area contributed by atoms with Crippen LogP contribution in [0.25, 0.3) is 0 Å². The van der Waals surface area contributed by atoms with Gasteiger partial charge in [-0.05, 0) is 70.0 Å². The number of hydrogen-bond donors (Lipinski definition) is 0. The molecule has 1 aromatic carbocycles. The standard InChI is InChI=1S/C17H23FN2O/c1-12-11-13(7-8-14(12)18)17(21)20-10-4-6-16(20)15-5-3-9-19(15)2/h7-8,11,15-16H,3-6,9-10H2,1-2H3/t15-,16+/m1/s1. The minimum absolute atomic E-state index is 0.0564. The predicted octanol–water partition coefficient (Wildman–Crippen LogP) is 2.83. The fraction of sp³-hybridized carbons (Fsp3) is 0.588. The average Bonchev–Trinajstić information content (AvgIpc) is 3.09. The molecule has 21 heavy (non-hydrogen) atoms. The van der Waals surface area contributed by atoms with Crippen molar-refractivity contribution in [3.05, 3.63) is 35.1 Å². The molecule has 2 fully saturated rings. The molecule has 0 N–H and O–H groups in total.